The quantitative estimate of drug-likeness (QED) is 0.773. The summed E-state index contributed by atoms with van der Waals surface area (Å²) >= 11 is 0. The van der Waals surface area contributed by atoms with Crippen LogP contribution in [0.15, 0.2) is 60.9 Å². The van der Waals surface area contributed by atoms with Gasteiger partial charge in [-0.3, -0.25) is 4.79 Å². The molecule has 0 radical (unpaired) electrons. The van der Waals surface area contributed by atoms with Gasteiger partial charge in [0.15, 0.2) is 0 Å². The number of nitrogens with one attached hydrogen (secondary N) is 1. The molecule has 0 unspecified atom stereocenters. The standard InChI is InChI=1S/C20H17FN4O/c1-20(2,13-22)15-7-9-16(10-8-15)24-19(26)14-11-23-25(12-14)18-6-4-3-5-17(18)21/h3-12H,1-2H3,(H,24,26). The minimum atomic E-state index is -0.594. The summed E-state index contributed by atoms with van der Waals surface area (Å²) in [5.41, 5.74) is 1.46. The lowest BCUT2D eigenvalue weighted by Crippen LogP contribution is -2.14. The SMILES string of the molecule is CC(C)(C#N)c1ccc(NC(=O)c2cnn(-c3ccccc3F)c2)cc1. The summed E-state index contributed by atoms with van der Waals surface area (Å²) in [6.45, 7) is 3.66. The molecule has 6 heteroatoms. The number of hydrogen-bond donors (Lipinski definition) is 1. The lowest BCUT2D eigenvalue weighted by Gasteiger charge is -2.16. The van der Waals surface area contributed by atoms with Crippen LogP contribution >= 0.6 is 0 Å². The first kappa shape index (κ1) is 17.4. The zero-order valence-corrected chi connectivity index (χ0v) is 14.4. The summed E-state index contributed by atoms with van der Waals surface area (Å²) in [6, 6.07) is 15.5. The summed E-state index contributed by atoms with van der Waals surface area (Å²) in [7, 11) is 0. The lowest BCUT2D eigenvalue weighted by molar-refractivity contribution is 0.102. The fourth-order valence-corrected chi connectivity index (χ4v) is 2.45. The van der Waals surface area contributed by atoms with Crippen LogP contribution in [0.25, 0.3) is 5.69 Å². The topological polar surface area (TPSA) is 70.7 Å². The van der Waals surface area contributed by atoms with Gasteiger partial charge in [0, 0.05) is 11.9 Å². The highest BCUT2D eigenvalue weighted by Gasteiger charge is 2.19. The first-order chi connectivity index (χ1) is 12.4. The van der Waals surface area contributed by atoms with Gasteiger partial charge in [0.25, 0.3) is 5.91 Å². The summed E-state index contributed by atoms with van der Waals surface area (Å²) in [6.07, 6.45) is 2.86. The van der Waals surface area contributed by atoms with Crippen molar-refractivity contribution in [3.63, 3.8) is 0 Å². The van der Waals surface area contributed by atoms with Gasteiger partial charge in [-0.15, -0.1) is 0 Å². The second kappa shape index (κ2) is 6.81. The van der Waals surface area contributed by atoms with E-state index in [0.29, 0.717) is 11.3 Å². The van der Waals surface area contributed by atoms with Gasteiger partial charge < -0.3 is 5.32 Å². The van der Waals surface area contributed by atoms with E-state index in [-0.39, 0.29) is 11.6 Å². The Labute approximate surface area is 150 Å². The van der Waals surface area contributed by atoms with Crippen molar-refractivity contribution >= 4 is 11.6 Å². The molecule has 0 fully saturated rings. The van der Waals surface area contributed by atoms with Crippen molar-refractivity contribution in [3.8, 4) is 11.8 Å². The zero-order chi connectivity index (χ0) is 18.7. The molecule has 0 spiro atoms. The highest BCUT2D eigenvalue weighted by Crippen LogP contribution is 2.23. The van der Waals surface area contributed by atoms with Crippen LogP contribution in [0.5, 0.6) is 0 Å². The Morgan fingerprint density at radius 3 is 2.54 bits per heavy atom. The molecule has 0 aliphatic heterocycles. The third-order valence-electron chi connectivity index (χ3n) is 4.09. The number of para-hydroxylation sites is 1. The zero-order valence-electron chi connectivity index (χ0n) is 14.4. The third kappa shape index (κ3) is 3.47. The van der Waals surface area contributed by atoms with Crippen molar-refractivity contribution in [2.45, 2.75) is 19.3 Å². The highest BCUT2D eigenvalue weighted by molar-refractivity contribution is 6.04. The Kier molecular flexibility index (Phi) is 4.55. The maximum atomic E-state index is 13.8. The van der Waals surface area contributed by atoms with Crippen LogP contribution < -0.4 is 5.32 Å². The van der Waals surface area contributed by atoms with E-state index in [0.717, 1.165) is 5.56 Å². The number of rotatable bonds is 4. The molecule has 1 aromatic heterocycles. The minimum Gasteiger partial charge on any atom is -0.322 e. The van der Waals surface area contributed by atoms with E-state index >= 15 is 0 Å². The summed E-state index contributed by atoms with van der Waals surface area (Å²) in [4.78, 5) is 12.4. The molecule has 0 atom stereocenters. The number of hydrogen-bond acceptors (Lipinski definition) is 3. The van der Waals surface area contributed by atoms with E-state index in [2.05, 4.69) is 16.5 Å². The highest BCUT2D eigenvalue weighted by atomic mass is 19.1. The third-order valence-corrected chi connectivity index (χ3v) is 4.09. The maximum Gasteiger partial charge on any atom is 0.258 e. The van der Waals surface area contributed by atoms with Gasteiger partial charge in [-0.1, -0.05) is 24.3 Å². The second-order valence-electron chi connectivity index (χ2n) is 6.39. The van der Waals surface area contributed by atoms with Crippen molar-refractivity contribution < 1.29 is 9.18 Å². The molecule has 0 bridgehead atoms. The van der Waals surface area contributed by atoms with Crippen molar-refractivity contribution in [1.82, 2.24) is 9.78 Å². The number of nitriles is 1. The molecule has 1 amide bonds. The largest absolute Gasteiger partial charge is 0.322 e. The number of benzene rings is 2. The van der Waals surface area contributed by atoms with Gasteiger partial charge >= 0.3 is 0 Å². The summed E-state index contributed by atoms with van der Waals surface area (Å²) in [5, 5.41) is 16.0. The van der Waals surface area contributed by atoms with Gasteiger partial charge in [0.05, 0.1) is 23.2 Å². The van der Waals surface area contributed by atoms with Gasteiger partial charge in [-0.05, 0) is 43.7 Å². The van der Waals surface area contributed by atoms with Crippen molar-refractivity contribution in [2.75, 3.05) is 5.32 Å². The van der Waals surface area contributed by atoms with Crippen molar-refractivity contribution in [2.24, 2.45) is 0 Å². The smallest absolute Gasteiger partial charge is 0.258 e. The molecule has 3 rings (SSSR count). The molecule has 0 saturated carbocycles. The minimum absolute atomic E-state index is 0.273. The molecule has 5 nitrogen and oxygen atoms in total. The Morgan fingerprint density at radius 1 is 1.19 bits per heavy atom. The number of anilines is 1. The predicted octanol–water partition coefficient (Wildman–Crippen LogP) is 4.06. The van der Waals surface area contributed by atoms with Gasteiger partial charge in [-0.25, -0.2) is 9.07 Å². The van der Waals surface area contributed by atoms with Crippen LogP contribution in [-0.2, 0) is 5.41 Å². The molecule has 0 aliphatic rings. The van der Waals surface area contributed by atoms with E-state index in [1.54, 1.807) is 30.3 Å². The fraction of sp³-hybridized carbons (Fsp3) is 0.150. The first-order valence-electron chi connectivity index (χ1n) is 8.03. The molecule has 0 aliphatic carbocycles. The molecule has 3 aromatic rings. The molecular formula is C20H17FN4O. The molecule has 1 N–H and O–H groups in total. The van der Waals surface area contributed by atoms with E-state index in [1.807, 2.05) is 26.0 Å². The Hall–Kier alpha value is -3.46. The van der Waals surface area contributed by atoms with E-state index < -0.39 is 11.2 Å². The van der Waals surface area contributed by atoms with Crippen LogP contribution in [0, 0.1) is 17.1 Å². The van der Waals surface area contributed by atoms with Crippen LogP contribution in [0.1, 0.15) is 29.8 Å². The number of aromatic nitrogens is 2. The van der Waals surface area contributed by atoms with Gasteiger partial charge in [-0.2, -0.15) is 10.4 Å². The van der Waals surface area contributed by atoms with Crippen LogP contribution in [-0.4, -0.2) is 15.7 Å². The predicted molar refractivity (Wildman–Crippen MR) is 96.6 cm³/mol. The lowest BCUT2D eigenvalue weighted by atomic mass is 9.86. The number of carbonyl (C=O) groups is 1. The Bertz CT molecular complexity index is 984. The molecule has 26 heavy (non-hydrogen) atoms. The van der Waals surface area contributed by atoms with E-state index in [1.165, 1.54) is 23.1 Å². The normalized spacial score (nSPS) is 11.0. The van der Waals surface area contributed by atoms with E-state index in [4.69, 9.17) is 0 Å². The Balaban J connectivity index is 1.75. The van der Waals surface area contributed by atoms with Crippen LogP contribution in [0.4, 0.5) is 10.1 Å². The van der Waals surface area contributed by atoms with Gasteiger partial charge in [0.2, 0.25) is 0 Å². The number of halogens is 1. The molecular weight excluding hydrogens is 331 g/mol. The molecule has 1 heterocycles. The average Bonchev–Trinajstić information content (AvgIpc) is 3.12. The monoisotopic (exact) mass is 348 g/mol. The Morgan fingerprint density at radius 2 is 1.88 bits per heavy atom. The van der Waals surface area contributed by atoms with Crippen LogP contribution in [0.3, 0.4) is 0 Å². The summed E-state index contributed by atoms with van der Waals surface area (Å²) < 4.78 is 15.1. The maximum absolute atomic E-state index is 13.8. The number of carbonyl (C=O) groups excluding carboxylic acids is 1. The second-order valence-corrected chi connectivity index (χ2v) is 6.39. The van der Waals surface area contributed by atoms with E-state index in [9.17, 15) is 14.4 Å². The molecule has 0 saturated heterocycles. The fourth-order valence-electron chi connectivity index (χ4n) is 2.45. The average molecular weight is 348 g/mol. The number of amides is 1. The number of nitrogens with zero attached hydrogens (tertiary/aromatic N) is 3. The van der Waals surface area contributed by atoms with Gasteiger partial charge in [0.1, 0.15) is 11.5 Å². The molecule has 2 aromatic carbocycles. The van der Waals surface area contributed by atoms with Crippen molar-refractivity contribution in [1.29, 1.82) is 5.26 Å². The first-order valence-corrected chi connectivity index (χ1v) is 8.03. The van der Waals surface area contributed by atoms with Crippen molar-refractivity contribution in [3.05, 3.63) is 77.9 Å². The summed E-state index contributed by atoms with van der Waals surface area (Å²) in [5.74, 6) is -0.766. The molecule has 130 valence electrons. The van der Waals surface area contributed by atoms with Crippen LogP contribution in [0.2, 0.25) is 0 Å².